The lowest BCUT2D eigenvalue weighted by Gasteiger charge is -2.28. The second-order valence-electron chi connectivity index (χ2n) is 7.11. The number of benzene rings is 1. The molecule has 0 bridgehead atoms. The molecule has 1 rings (SSSR count). The van der Waals surface area contributed by atoms with Gasteiger partial charge in [0.25, 0.3) is 0 Å². The topological polar surface area (TPSA) is 57.2 Å². The fourth-order valence-corrected chi connectivity index (χ4v) is 3.29. The monoisotopic (exact) mass is 391 g/mol. The average Bonchev–Trinajstić information content (AvgIpc) is 2.51. The van der Waals surface area contributed by atoms with Crippen molar-refractivity contribution < 1.29 is 17.5 Å². The van der Waals surface area contributed by atoms with Crippen LogP contribution in [0.1, 0.15) is 51.0 Å². The Balaban J connectivity index is 0.000000472. The molecule has 1 aromatic rings. The third-order valence-corrected chi connectivity index (χ3v) is 5.14. The van der Waals surface area contributed by atoms with Gasteiger partial charge in [-0.2, -0.15) is 0 Å². The highest BCUT2D eigenvalue weighted by atomic mass is 35.5. The number of hydrogen-bond donors (Lipinski definition) is 0. The van der Waals surface area contributed by atoms with Crippen LogP contribution in [0.3, 0.4) is 0 Å². The highest BCUT2D eigenvalue weighted by Gasteiger charge is 2.12. The first-order chi connectivity index (χ1) is 11.6. The molecule has 0 atom stereocenters. The van der Waals surface area contributed by atoms with Gasteiger partial charge < -0.3 is 9.04 Å². The fraction of sp³-hybridized carbons (Fsp3) is 0.684. The first kappa shape index (κ1) is 24.4. The zero-order valence-corrected chi connectivity index (χ0v) is 17.7. The van der Waals surface area contributed by atoms with E-state index in [4.69, 9.17) is 11.6 Å². The third kappa shape index (κ3) is 13.3. The minimum Gasteiger partial charge on any atom is -0.744 e. The van der Waals surface area contributed by atoms with E-state index in [-0.39, 0.29) is 4.90 Å². The van der Waals surface area contributed by atoms with Gasteiger partial charge in [-0.25, -0.2) is 8.42 Å². The zero-order chi connectivity index (χ0) is 19.3. The van der Waals surface area contributed by atoms with Crippen LogP contribution in [0.2, 0.25) is 0 Å². The van der Waals surface area contributed by atoms with Gasteiger partial charge in [-0.15, -0.1) is 11.6 Å². The molecule has 0 amide bonds. The van der Waals surface area contributed by atoms with E-state index in [0.29, 0.717) is 0 Å². The SMILES string of the molecule is CCCCCCCC[N+](C)(C)CCCl.Cc1ccc(S(=O)(=O)[O-])cc1. The maximum atomic E-state index is 10.4. The van der Waals surface area contributed by atoms with Crippen LogP contribution in [0.4, 0.5) is 0 Å². The quantitative estimate of drug-likeness (QED) is 0.254. The number of nitrogens with zero attached hydrogens (tertiary/aromatic N) is 1. The molecule has 0 spiro atoms. The van der Waals surface area contributed by atoms with Gasteiger partial charge in [0.1, 0.15) is 10.1 Å². The molecule has 0 radical (unpaired) electrons. The van der Waals surface area contributed by atoms with Gasteiger partial charge in [-0.3, -0.25) is 0 Å². The normalized spacial score (nSPS) is 11.8. The van der Waals surface area contributed by atoms with E-state index in [1.54, 1.807) is 12.1 Å². The van der Waals surface area contributed by atoms with Gasteiger partial charge in [-0.1, -0.05) is 50.3 Å². The van der Waals surface area contributed by atoms with Crippen molar-refractivity contribution in [3.05, 3.63) is 29.8 Å². The summed E-state index contributed by atoms with van der Waals surface area (Å²) in [5, 5.41) is 0. The molecule has 0 fully saturated rings. The standard InChI is InChI=1S/C12H27ClN.C7H8O3S/c1-4-5-6-7-8-9-11-14(2,3)12-10-13;1-6-2-4-7(5-3-6)11(8,9)10/h4-12H2,1-3H3;2-5H,1H3,(H,8,9,10)/q+1;/p-1. The van der Waals surface area contributed by atoms with Gasteiger partial charge >= 0.3 is 0 Å². The highest BCUT2D eigenvalue weighted by molar-refractivity contribution is 7.85. The summed E-state index contributed by atoms with van der Waals surface area (Å²) in [5.74, 6) is 0.781. The molecular weight excluding hydrogens is 358 g/mol. The molecular formula is C19H34ClNO3S. The molecule has 0 aromatic heterocycles. The lowest BCUT2D eigenvalue weighted by atomic mass is 10.1. The number of aryl methyl sites for hydroxylation is 1. The van der Waals surface area contributed by atoms with E-state index in [1.807, 2.05) is 6.92 Å². The molecule has 0 heterocycles. The second-order valence-corrected chi connectivity index (χ2v) is 8.86. The van der Waals surface area contributed by atoms with Crippen molar-refractivity contribution in [3.8, 4) is 0 Å². The summed E-state index contributed by atoms with van der Waals surface area (Å²) in [6.45, 7) is 6.46. The first-order valence-corrected chi connectivity index (χ1v) is 11.0. The molecule has 0 aliphatic rings. The summed E-state index contributed by atoms with van der Waals surface area (Å²) in [6.07, 6.45) is 8.32. The van der Waals surface area contributed by atoms with Crippen LogP contribution in [0.15, 0.2) is 29.2 Å². The lowest BCUT2D eigenvalue weighted by Crippen LogP contribution is -2.41. The summed E-state index contributed by atoms with van der Waals surface area (Å²) in [6, 6.07) is 5.78. The van der Waals surface area contributed by atoms with Gasteiger partial charge in [0, 0.05) is 0 Å². The van der Waals surface area contributed by atoms with Crippen molar-refractivity contribution in [2.45, 2.75) is 57.3 Å². The molecule has 6 heteroatoms. The van der Waals surface area contributed by atoms with Crippen molar-refractivity contribution in [2.75, 3.05) is 33.1 Å². The average molecular weight is 392 g/mol. The first-order valence-electron chi connectivity index (χ1n) is 9.03. The van der Waals surface area contributed by atoms with Gasteiger partial charge in [0.15, 0.2) is 0 Å². The van der Waals surface area contributed by atoms with E-state index in [1.165, 1.54) is 57.2 Å². The van der Waals surface area contributed by atoms with Crippen molar-refractivity contribution >= 4 is 21.7 Å². The molecule has 146 valence electrons. The summed E-state index contributed by atoms with van der Waals surface area (Å²) in [7, 11) is 0.275. The molecule has 4 nitrogen and oxygen atoms in total. The Morgan fingerprint density at radius 1 is 0.960 bits per heavy atom. The summed E-state index contributed by atoms with van der Waals surface area (Å²) < 4.78 is 32.2. The third-order valence-electron chi connectivity index (χ3n) is 4.12. The van der Waals surface area contributed by atoms with E-state index in [2.05, 4.69) is 21.0 Å². The number of hydrogen-bond acceptors (Lipinski definition) is 3. The Labute approximate surface area is 159 Å². The Bertz CT molecular complexity index is 557. The van der Waals surface area contributed by atoms with Gasteiger partial charge in [-0.05, 0) is 31.9 Å². The predicted octanol–water partition coefficient (Wildman–Crippen LogP) is 4.56. The largest absolute Gasteiger partial charge is 0.744 e. The number of unbranched alkanes of at least 4 members (excludes halogenated alkanes) is 5. The molecule has 0 aliphatic heterocycles. The molecule has 0 saturated heterocycles. The van der Waals surface area contributed by atoms with Crippen molar-refractivity contribution in [1.29, 1.82) is 0 Å². The van der Waals surface area contributed by atoms with Crippen molar-refractivity contribution in [1.82, 2.24) is 0 Å². The lowest BCUT2D eigenvalue weighted by molar-refractivity contribution is -0.888. The molecule has 25 heavy (non-hydrogen) atoms. The number of alkyl halides is 1. The molecule has 0 N–H and O–H groups in total. The fourth-order valence-electron chi connectivity index (χ4n) is 2.37. The number of quaternary nitrogens is 1. The number of rotatable bonds is 10. The van der Waals surface area contributed by atoms with Gasteiger partial charge in [0.05, 0.1) is 38.0 Å². The van der Waals surface area contributed by atoms with Crippen molar-refractivity contribution in [3.63, 3.8) is 0 Å². The highest BCUT2D eigenvalue weighted by Crippen LogP contribution is 2.09. The zero-order valence-electron chi connectivity index (χ0n) is 16.1. The van der Waals surface area contributed by atoms with Gasteiger partial charge in [0.2, 0.25) is 0 Å². The maximum absolute atomic E-state index is 10.4. The second kappa shape index (κ2) is 12.7. The Morgan fingerprint density at radius 3 is 1.96 bits per heavy atom. The Morgan fingerprint density at radius 2 is 1.48 bits per heavy atom. The predicted molar refractivity (Wildman–Crippen MR) is 105 cm³/mol. The molecule has 0 aliphatic carbocycles. The van der Waals surface area contributed by atoms with Crippen LogP contribution in [-0.2, 0) is 10.1 Å². The maximum Gasteiger partial charge on any atom is 0.124 e. The Hall–Kier alpha value is -0.620. The van der Waals surface area contributed by atoms with E-state index in [0.717, 1.165) is 22.5 Å². The van der Waals surface area contributed by atoms with Crippen molar-refractivity contribution in [2.24, 2.45) is 0 Å². The minimum atomic E-state index is -4.27. The smallest absolute Gasteiger partial charge is 0.124 e. The molecule has 1 aromatic carbocycles. The van der Waals surface area contributed by atoms with Crippen LogP contribution in [0, 0.1) is 6.92 Å². The van der Waals surface area contributed by atoms with E-state index >= 15 is 0 Å². The van der Waals surface area contributed by atoms with E-state index < -0.39 is 10.1 Å². The van der Waals surface area contributed by atoms with Crippen LogP contribution in [0.5, 0.6) is 0 Å². The summed E-state index contributed by atoms with van der Waals surface area (Å²) in [5.41, 5.74) is 0.928. The van der Waals surface area contributed by atoms with Crippen LogP contribution >= 0.6 is 11.6 Å². The summed E-state index contributed by atoms with van der Waals surface area (Å²) in [4.78, 5) is -0.178. The summed E-state index contributed by atoms with van der Waals surface area (Å²) >= 11 is 5.75. The van der Waals surface area contributed by atoms with E-state index in [9.17, 15) is 13.0 Å². The van der Waals surface area contributed by atoms with Crippen LogP contribution in [-0.4, -0.2) is 50.5 Å². The molecule has 0 unspecified atom stereocenters. The molecule has 0 saturated carbocycles. The Kier molecular flexibility index (Phi) is 12.4. The minimum absolute atomic E-state index is 0.178. The van der Waals surface area contributed by atoms with Crippen LogP contribution in [0.25, 0.3) is 0 Å². The number of halogens is 1. The van der Waals surface area contributed by atoms with Crippen LogP contribution < -0.4 is 0 Å².